The van der Waals surface area contributed by atoms with Gasteiger partial charge in [0.15, 0.2) is 0 Å². The zero-order valence-electron chi connectivity index (χ0n) is 14.7. The van der Waals surface area contributed by atoms with Crippen molar-refractivity contribution in [1.29, 1.82) is 0 Å². The molecule has 5 nitrogen and oxygen atoms in total. The number of nitrogens with one attached hydrogen (secondary N) is 2. The maximum Gasteiger partial charge on any atom is 0.319 e. The Morgan fingerprint density at radius 3 is 2.76 bits per heavy atom. The number of nitrogens with zero attached hydrogens (tertiary/aromatic N) is 2. The number of carbonyl (C=O) groups excluding carboxylic acids is 1. The predicted molar refractivity (Wildman–Crippen MR) is 104 cm³/mol. The van der Waals surface area contributed by atoms with Crippen molar-refractivity contribution in [2.24, 2.45) is 0 Å². The molecule has 3 rings (SSSR count). The summed E-state index contributed by atoms with van der Waals surface area (Å²) in [6, 6.07) is 12.0. The van der Waals surface area contributed by atoms with E-state index in [2.05, 4.69) is 46.5 Å². The number of hydrogen-bond acceptors (Lipinski definition) is 4. The van der Waals surface area contributed by atoms with Crippen molar-refractivity contribution in [1.82, 2.24) is 10.3 Å². The van der Waals surface area contributed by atoms with Crippen molar-refractivity contribution in [2.45, 2.75) is 31.2 Å². The molecule has 2 aromatic rings. The van der Waals surface area contributed by atoms with Crippen molar-refractivity contribution >= 4 is 29.3 Å². The summed E-state index contributed by atoms with van der Waals surface area (Å²) < 4.78 is 0. The normalized spacial score (nSPS) is 16.0. The molecule has 1 aromatic heterocycles. The quantitative estimate of drug-likeness (QED) is 0.839. The monoisotopic (exact) mass is 356 g/mol. The van der Waals surface area contributed by atoms with Crippen LogP contribution in [-0.4, -0.2) is 29.9 Å². The summed E-state index contributed by atoms with van der Waals surface area (Å²) in [6.07, 6.45) is 2.64. The van der Waals surface area contributed by atoms with Gasteiger partial charge in [0.1, 0.15) is 5.82 Å². The minimum Gasteiger partial charge on any atom is -0.357 e. The number of urea groups is 1. The highest BCUT2D eigenvalue weighted by Gasteiger charge is 2.21. The van der Waals surface area contributed by atoms with Crippen molar-refractivity contribution in [3.8, 4) is 0 Å². The molecule has 0 fully saturated rings. The minimum atomic E-state index is -0.191. The second-order valence-electron chi connectivity index (χ2n) is 5.90. The van der Waals surface area contributed by atoms with Gasteiger partial charge in [-0.05, 0) is 44.0 Å². The Morgan fingerprint density at radius 1 is 1.24 bits per heavy atom. The third-order valence-electron chi connectivity index (χ3n) is 4.36. The summed E-state index contributed by atoms with van der Waals surface area (Å²) in [7, 11) is 0. The Bertz CT molecular complexity index is 716. The van der Waals surface area contributed by atoms with Crippen LogP contribution >= 0.6 is 11.8 Å². The zero-order valence-corrected chi connectivity index (χ0v) is 15.5. The van der Waals surface area contributed by atoms with Crippen LogP contribution in [0.5, 0.6) is 0 Å². The van der Waals surface area contributed by atoms with E-state index in [1.165, 1.54) is 10.5 Å². The summed E-state index contributed by atoms with van der Waals surface area (Å²) in [6.45, 7) is 6.03. The van der Waals surface area contributed by atoms with Crippen molar-refractivity contribution in [3.63, 3.8) is 0 Å². The molecule has 0 bridgehead atoms. The fraction of sp³-hybridized carbons (Fsp3) is 0.368. The first-order valence-corrected chi connectivity index (χ1v) is 9.70. The van der Waals surface area contributed by atoms with Crippen molar-refractivity contribution < 1.29 is 4.79 Å². The first kappa shape index (κ1) is 17.6. The number of benzene rings is 1. The molecule has 0 aliphatic carbocycles. The van der Waals surface area contributed by atoms with E-state index in [0.717, 1.165) is 31.1 Å². The van der Waals surface area contributed by atoms with E-state index in [0.29, 0.717) is 5.69 Å². The first-order chi connectivity index (χ1) is 12.2. The highest BCUT2D eigenvalue weighted by atomic mass is 32.2. The van der Waals surface area contributed by atoms with E-state index in [9.17, 15) is 4.79 Å². The molecule has 132 valence electrons. The minimum absolute atomic E-state index is 0.0559. The SMILES string of the molecule is CCN(CC)c1ccc(NC(=O)NC2CCSc3ccccc32)cn1. The molecular formula is C19H24N4OS. The number of fused-ring (bicyclic) bond motifs is 1. The van der Waals surface area contributed by atoms with Crippen LogP contribution in [0.1, 0.15) is 31.9 Å². The van der Waals surface area contributed by atoms with Gasteiger partial charge in [-0.15, -0.1) is 11.8 Å². The summed E-state index contributed by atoms with van der Waals surface area (Å²) in [5.41, 5.74) is 1.90. The van der Waals surface area contributed by atoms with Crippen LogP contribution in [-0.2, 0) is 0 Å². The average molecular weight is 356 g/mol. The van der Waals surface area contributed by atoms with Crippen LogP contribution < -0.4 is 15.5 Å². The lowest BCUT2D eigenvalue weighted by molar-refractivity contribution is 0.248. The van der Waals surface area contributed by atoms with Gasteiger partial charge in [0.05, 0.1) is 17.9 Å². The number of hydrogen-bond donors (Lipinski definition) is 2. The lowest BCUT2D eigenvalue weighted by Gasteiger charge is -2.26. The van der Waals surface area contributed by atoms with Gasteiger partial charge in [-0.1, -0.05) is 18.2 Å². The van der Waals surface area contributed by atoms with Gasteiger partial charge in [0.2, 0.25) is 0 Å². The van der Waals surface area contributed by atoms with Crippen LogP contribution in [0.25, 0.3) is 0 Å². The standard InChI is InChI=1S/C19H24N4OS/c1-3-23(4-2)18-10-9-14(13-20-18)21-19(24)22-16-11-12-25-17-8-6-5-7-15(16)17/h5-10,13,16H,3-4,11-12H2,1-2H3,(H2,21,22,24). The highest BCUT2D eigenvalue weighted by Crippen LogP contribution is 2.35. The number of rotatable bonds is 5. The van der Waals surface area contributed by atoms with Gasteiger partial charge in [-0.25, -0.2) is 9.78 Å². The third kappa shape index (κ3) is 4.25. The molecule has 0 saturated carbocycles. The molecule has 2 N–H and O–H groups in total. The molecule has 0 spiro atoms. The molecule has 2 heterocycles. The fourth-order valence-corrected chi connectivity index (χ4v) is 4.14. The zero-order chi connectivity index (χ0) is 17.6. The molecule has 25 heavy (non-hydrogen) atoms. The fourth-order valence-electron chi connectivity index (χ4n) is 3.01. The van der Waals surface area contributed by atoms with Crippen LogP contribution in [0.2, 0.25) is 0 Å². The lowest BCUT2D eigenvalue weighted by atomic mass is 10.0. The highest BCUT2D eigenvalue weighted by molar-refractivity contribution is 7.99. The number of anilines is 2. The third-order valence-corrected chi connectivity index (χ3v) is 5.48. The maximum atomic E-state index is 12.4. The number of amides is 2. The predicted octanol–water partition coefficient (Wildman–Crippen LogP) is 4.29. The van der Waals surface area contributed by atoms with Crippen molar-refractivity contribution in [3.05, 3.63) is 48.2 Å². The van der Waals surface area contributed by atoms with Crippen LogP contribution in [0.15, 0.2) is 47.5 Å². The summed E-state index contributed by atoms with van der Waals surface area (Å²) in [4.78, 5) is 20.2. The maximum absolute atomic E-state index is 12.4. The molecular weight excluding hydrogens is 332 g/mol. The number of thioether (sulfide) groups is 1. The van der Waals surface area contributed by atoms with Crippen LogP contribution in [0, 0.1) is 0 Å². The van der Waals surface area contributed by atoms with Gasteiger partial charge >= 0.3 is 6.03 Å². The first-order valence-electron chi connectivity index (χ1n) is 8.71. The Balaban J connectivity index is 1.62. The van der Waals surface area contributed by atoms with Gasteiger partial charge in [0, 0.05) is 23.7 Å². The summed E-state index contributed by atoms with van der Waals surface area (Å²) in [5, 5.41) is 5.97. The summed E-state index contributed by atoms with van der Waals surface area (Å²) >= 11 is 1.85. The molecule has 1 aliphatic heterocycles. The number of pyridine rings is 1. The van der Waals surface area contributed by atoms with E-state index < -0.39 is 0 Å². The largest absolute Gasteiger partial charge is 0.357 e. The molecule has 0 saturated heterocycles. The van der Waals surface area contributed by atoms with Gasteiger partial charge in [-0.2, -0.15) is 0 Å². The van der Waals surface area contributed by atoms with E-state index in [4.69, 9.17) is 0 Å². The second-order valence-corrected chi connectivity index (χ2v) is 7.04. The molecule has 1 aliphatic rings. The summed E-state index contributed by atoms with van der Waals surface area (Å²) in [5.74, 6) is 1.94. The van der Waals surface area contributed by atoms with E-state index in [-0.39, 0.29) is 12.1 Å². The molecule has 1 aromatic carbocycles. The Hall–Kier alpha value is -2.21. The van der Waals surface area contributed by atoms with Crippen molar-refractivity contribution in [2.75, 3.05) is 29.1 Å². The van der Waals surface area contributed by atoms with Gasteiger partial charge in [0.25, 0.3) is 0 Å². The van der Waals surface area contributed by atoms with E-state index in [1.807, 2.05) is 36.0 Å². The van der Waals surface area contributed by atoms with E-state index >= 15 is 0 Å². The van der Waals surface area contributed by atoms with Gasteiger partial charge < -0.3 is 15.5 Å². The Morgan fingerprint density at radius 2 is 2.04 bits per heavy atom. The molecule has 0 radical (unpaired) electrons. The number of aromatic nitrogens is 1. The second kappa shape index (κ2) is 8.25. The van der Waals surface area contributed by atoms with E-state index in [1.54, 1.807) is 6.20 Å². The van der Waals surface area contributed by atoms with Crippen LogP contribution in [0.3, 0.4) is 0 Å². The molecule has 1 unspecified atom stereocenters. The van der Waals surface area contributed by atoms with Crippen LogP contribution in [0.4, 0.5) is 16.3 Å². The number of carbonyl (C=O) groups is 1. The average Bonchev–Trinajstić information content (AvgIpc) is 2.64. The molecule has 1 atom stereocenters. The Labute approximate surface area is 153 Å². The molecule has 6 heteroatoms. The molecule has 2 amide bonds. The topological polar surface area (TPSA) is 57.3 Å². The van der Waals surface area contributed by atoms with Gasteiger partial charge in [-0.3, -0.25) is 0 Å². The smallest absolute Gasteiger partial charge is 0.319 e. The lowest BCUT2D eigenvalue weighted by Crippen LogP contribution is -2.34. The Kier molecular flexibility index (Phi) is 5.81.